The van der Waals surface area contributed by atoms with Crippen LogP contribution in [0, 0.1) is 19.8 Å². The van der Waals surface area contributed by atoms with Gasteiger partial charge in [-0.2, -0.15) is 0 Å². The highest BCUT2D eigenvalue weighted by molar-refractivity contribution is 8.00. The fourth-order valence-corrected chi connectivity index (χ4v) is 7.95. The van der Waals surface area contributed by atoms with E-state index in [1.807, 2.05) is 49.0 Å². The van der Waals surface area contributed by atoms with E-state index < -0.39 is 16.8 Å². The van der Waals surface area contributed by atoms with Crippen molar-refractivity contribution in [2.24, 2.45) is 5.92 Å². The lowest BCUT2D eigenvalue weighted by molar-refractivity contribution is -0.124. The Morgan fingerprint density at radius 1 is 0.688 bits per heavy atom. The number of hydrogen-bond acceptors (Lipinski definition) is 4. The monoisotopic (exact) mass is 654 g/mol. The summed E-state index contributed by atoms with van der Waals surface area (Å²) in [5.41, 5.74) is 10.7. The van der Waals surface area contributed by atoms with Gasteiger partial charge in [0.2, 0.25) is 5.91 Å². The average Bonchev–Trinajstić information content (AvgIpc) is 3.44. The van der Waals surface area contributed by atoms with Gasteiger partial charge in [0.15, 0.2) is 0 Å². The van der Waals surface area contributed by atoms with Gasteiger partial charge in [0, 0.05) is 24.8 Å². The summed E-state index contributed by atoms with van der Waals surface area (Å²) < 4.78 is 5.21. The van der Waals surface area contributed by atoms with Crippen LogP contribution in [0.3, 0.4) is 0 Å². The Morgan fingerprint density at radius 3 is 1.75 bits per heavy atom. The van der Waals surface area contributed by atoms with Gasteiger partial charge in [0.1, 0.15) is 6.61 Å². The molecule has 0 bridgehead atoms. The molecule has 5 nitrogen and oxygen atoms in total. The van der Waals surface area contributed by atoms with Crippen molar-refractivity contribution in [3.05, 3.63) is 166 Å². The lowest BCUT2D eigenvalue weighted by atomic mass is 9.83. The predicted octanol–water partition coefficient (Wildman–Crippen LogP) is 8.62. The van der Waals surface area contributed by atoms with E-state index in [2.05, 4.69) is 122 Å². The Kier molecular flexibility index (Phi) is 10.3. The van der Waals surface area contributed by atoms with E-state index in [-0.39, 0.29) is 25.0 Å². The standard InChI is InChI=1S/C42H42N2O3S/c1-29-17-21-33(22-18-29)42(32-11-5-4-6-12-32,34-23-19-30(2)20-24-34)48-26-25-43-40(45)31(3)27-44-41(46)47-28-39-37-15-9-7-13-35(37)36-14-8-10-16-38(36)39/h4-24,31,39H,25-28H2,1-3H3,(H,43,45)(H,44,46). The molecule has 0 aliphatic heterocycles. The normalized spacial score (nSPS) is 12.9. The molecule has 5 aromatic carbocycles. The van der Waals surface area contributed by atoms with E-state index in [0.29, 0.717) is 12.3 Å². The summed E-state index contributed by atoms with van der Waals surface area (Å²) in [5, 5.41) is 5.89. The second-order valence-corrected chi connectivity index (χ2v) is 13.8. The first-order valence-corrected chi connectivity index (χ1v) is 17.6. The Hall–Kier alpha value is -4.81. The third kappa shape index (κ3) is 7.04. The van der Waals surface area contributed by atoms with Gasteiger partial charge < -0.3 is 15.4 Å². The second kappa shape index (κ2) is 15.0. The molecule has 5 aromatic rings. The van der Waals surface area contributed by atoms with Crippen LogP contribution in [0.4, 0.5) is 4.79 Å². The SMILES string of the molecule is Cc1ccc(C(SCCNC(=O)C(C)CNC(=O)OCC2c3ccccc3-c3ccccc32)(c2ccccc2)c2ccc(C)cc2)cc1. The van der Waals surface area contributed by atoms with Gasteiger partial charge in [0.05, 0.1) is 10.7 Å². The third-order valence-electron chi connectivity index (χ3n) is 9.16. The van der Waals surface area contributed by atoms with Crippen molar-refractivity contribution in [1.29, 1.82) is 0 Å². The molecule has 1 aliphatic carbocycles. The molecule has 6 rings (SSSR count). The summed E-state index contributed by atoms with van der Waals surface area (Å²) >= 11 is 1.82. The molecule has 0 aromatic heterocycles. The molecule has 244 valence electrons. The zero-order chi connectivity index (χ0) is 33.5. The molecule has 0 spiro atoms. The third-order valence-corrected chi connectivity index (χ3v) is 10.7. The average molecular weight is 655 g/mol. The molecule has 0 heterocycles. The molecule has 2 N–H and O–H groups in total. The molecular weight excluding hydrogens is 613 g/mol. The van der Waals surface area contributed by atoms with Crippen molar-refractivity contribution >= 4 is 23.8 Å². The smallest absolute Gasteiger partial charge is 0.407 e. The van der Waals surface area contributed by atoms with E-state index in [9.17, 15) is 9.59 Å². The molecule has 2 amide bonds. The summed E-state index contributed by atoms with van der Waals surface area (Å²) in [7, 11) is 0. The van der Waals surface area contributed by atoms with Gasteiger partial charge in [-0.05, 0) is 52.8 Å². The summed E-state index contributed by atoms with van der Waals surface area (Å²) in [6.45, 7) is 6.95. The van der Waals surface area contributed by atoms with Crippen molar-refractivity contribution in [2.45, 2.75) is 31.4 Å². The van der Waals surface area contributed by atoms with E-state index in [4.69, 9.17) is 4.74 Å². The zero-order valence-corrected chi connectivity index (χ0v) is 28.6. The van der Waals surface area contributed by atoms with Crippen LogP contribution in [0.5, 0.6) is 0 Å². The number of thioether (sulfide) groups is 1. The van der Waals surface area contributed by atoms with Crippen LogP contribution in [0.15, 0.2) is 127 Å². The number of carbonyl (C=O) groups excluding carboxylic acids is 2. The first-order chi connectivity index (χ1) is 23.4. The van der Waals surface area contributed by atoms with Gasteiger partial charge in [0.25, 0.3) is 0 Å². The van der Waals surface area contributed by atoms with Gasteiger partial charge in [-0.25, -0.2) is 4.79 Å². The first kappa shape index (κ1) is 33.1. The van der Waals surface area contributed by atoms with E-state index >= 15 is 0 Å². The Labute approximate surface area is 288 Å². The van der Waals surface area contributed by atoms with Crippen molar-refractivity contribution in [3.63, 3.8) is 0 Å². The number of amides is 2. The number of rotatable bonds is 12. The number of nitrogens with one attached hydrogen (secondary N) is 2. The van der Waals surface area contributed by atoms with Crippen LogP contribution >= 0.6 is 11.8 Å². The number of benzene rings is 5. The minimum atomic E-state index is -0.518. The van der Waals surface area contributed by atoms with Crippen molar-refractivity contribution in [2.75, 3.05) is 25.4 Å². The lowest BCUT2D eigenvalue weighted by Crippen LogP contribution is -2.39. The molecule has 0 saturated heterocycles. The van der Waals surface area contributed by atoms with Gasteiger partial charge in [-0.15, -0.1) is 11.8 Å². The maximum absolute atomic E-state index is 13.1. The summed E-state index contributed by atoms with van der Waals surface area (Å²) in [5.74, 6) is 0.160. The highest BCUT2D eigenvalue weighted by atomic mass is 32.2. The molecule has 0 radical (unpaired) electrons. The van der Waals surface area contributed by atoms with Crippen LogP contribution in [0.1, 0.15) is 51.8 Å². The molecule has 48 heavy (non-hydrogen) atoms. The van der Waals surface area contributed by atoms with Gasteiger partial charge in [-0.3, -0.25) is 4.79 Å². The van der Waals surface area contributed by atoms with E-state index in [1.54, 1.807) is 0 Å². The molecule has 0 fully saturated rings. The van der Waals surface area contributed by atoms with Crippen molar-refractivity contribution < 1.29 is 14.3 Å². The summed E-state index contributed by atoms with van der Waals surface area (Å²) in [6.07, 6.45) is -0.518. The molecule has 1 atom stereocenters. The fourth-order valence-electron chi connectivity index (χ4n) is 6.53. The van der Waals surface area contributed by atoms with Crippen LogP contribution in [0.25, 0.3) is 11.1 Å². The zero-order valence-electron chi connectivity index (χ0n) is 27.7. The Balaban J connectivity index is 1.05. The molecule has 1 aliphatic rings. The van der Waals surface area contributed by atoms with Gasteiger partial charge in [-0.1, -0.05) is 145 Å². The number of ether oxygens (including phenoxy) is 1. The lowest BCUT2D eigenvalue weighted by Gasteiger charge is -2.36. The fraction of sp³-hybridized carbons (Fsp3) is 0.238. The maximum Gasteiger partial charge on any atom is 0.407 e. The highest BCUT2D eigenvalue weighted by Gasteiger charge is 2.37. The minimum Gasteiger partial charge on any atom is -0.449 e. The largest absolute Gasteiger partial charge is 0.449 e. The summed E-state index contributed by atoms with van der Waals surface area (Å²) in [6, 6.07) is 44.6. The summed E-state index contributed by atoms with van der Waals surface area (Å²) in [4.78, 5) is 25.8. The molecular formula is C42H42N2O3S. The van der Waals surface area contributed by atoms with Crippen LogP contribution in [-0.4, -0.2) is 37.4 Å². The Bertz CT molecular complexity index is 1760. The molecule has 0 saturated carbocycles. The number of aryl methyl sites for hydroxylation is 2. The number of carbonyl (C=O) groups is 2. The van der Waals surface area contributed by atoms with Crippen molar-refractivity contribution in [3.8, 4) is 11.1 Å². The maximum atomic E-state index is 13.1. The van der Waals surface area contributed by atoms with Crippen LogP contribution in [-0.2, 0) is 14.3 Å². The first-order valence-electron chi connectivity index (χ1n) is 16.6. The van der Waals surface area contributed by atoms with Crippen LogP contribution < -0.4 is 10.6 Å². The number of fused-ring (bicyclic) bond motifs is 3. The molecule has 6 heteroatoms. The highest BCUT2D eigenvalue weighted by Crippen LogP contribution is 2.48. The van der Waals surface area contributed by atoms with Gasteiger partial charge >= 0.3 is 6.09 Å². The quantitative estimate of drug-likeness (QED) is 0.104. The molecule has 1 unspecified atom stereocenters. The van der Waals surface area contributed by atoms with Crippen molar-refractivity contribution in [1.82, 2.24) is 10.6 Å². The number of alkyl carbamates (subject to hydrolysis) is 1. The topological polar surface area (TPSA) is 67.4 Å². The predicted molar refractivity (Wildman–Crippen MR) is 196 cm³/mol. The second-order valence-electron chi connectivity index (χ2n) is 12.5. The van der Waals surface area contributed by atoms with E-state index in [1.165, 1.54) is 38.9 Å². The minimum absolute atomic E-state index is 0.0100. The van der Waals surface area contributed by atoms with Crippen LogP contribution in [0.2, 0.25) is 0 Å². The van der Waals surface area contributed by atoms with E-state index in [0.717, 1.165) is 11.1 Å². The number of hydrogen-bond donors (Lipinski definition) is 2. The Morgan fingerprint density at radius 2 is 1.19 bits per heavy atom.